The van der Waals surface area contributed by atoms with Crippen molar-refractivity contribution < 1.29 is 0 Å². The SMILES string of the molecule is CCc1cc(=O)[nH]c(N2CC[C@H](N)C2)n1. The summed E-state index contributed by atoms with van der Waals surface area (Å²) in [5.41, 5.74) is 6.55. The van der Waals surface area contributed by atoms with Crippen LogP contribution in [-0.2, 0) is 6.42 Å². The molecule has 5 heteroatoms. The average molecular weight is 208 g/mol. The molecule has 1 aromatic heterocycles. The molecule has 0 amide bonds. The lowest BCUT2D eigenvalue weighted by atomic mass is 10.3. The van der Waals surface area contributed by atoms with Crippen LogP contribution in [0.3, 0.4) is 0 Å². The van der Waals surface area contributed by atoms with E-state index in [9.17, 15) is 4.79 Å². The number of rotatable bonds is 2. The second-order valence-electron chi connectivity index (χ2n) is 3.91. The number of anilines is 1. The van der Waals surface area contributed by atoms with Crippen molar-refractivity contribution in [3.8, 4) is 0 Å². The van der Waals surface area contributed by atoms with E-state index in [1.807, 2.05) is 11.8 Å². The highest BCUT2D eigenvalue weighted by Crippen LogP contribution is 2.13. The molecule has 82 valence electrons. The minimum absolute atomic E-state index is 0.0858. The van der Waals surface area contributed by atoms with Gasteiger partial charge in [0.2, 0.25) is 5.95 Å². The summed E-state index contributed by atoms with van der Waals surface area (Å²) in [5, 5.41) is 0. The van der Waals surface area contributed by atoms with Crippen molar-refractivity contribution in [2.75, 3.05) is 18.0 Å². The van der Waals surface area contributed by atoms with E-state index in [0.29, 0.717) is 5.95 Å². The van der Waals surface area contributed by atoms with Gasteiger partial charge in [0.05, 0.1) is 0 Å². The summed E-state index contributed by atoms with van der Waals surface area (Å²) in [7, 11) is 0. The van der Waals surface area contributed by atoms with Gasteiger partial charge in [-0.05, 0) is 12.8 Å². The summed E-state index contributed by atoms with van der Waals surface area (Å²) in [6.45, 7) is 3.63. The first-order valence-corrected chi connectivity index (χ1v) is 5.30. The maximum atomic E-state index is 11.4. The van der Waals surface area contributed by atoms with Gasteiger partial charge in [0.25, 0.3) is 5.56 Å². The summed E-state index contributed by atoms with van der Waals surface area (Å²) in [5.74, 6) is 0.660. The highest BCUT2D eigenvalue weighted by Gasteiger charge is 2.21. The first-order valence-electron chi connectivity index (χ1n) is 5.30. The quantitative estimate of drug-likeness (QED) is 0.710. The molecule has 1 saturated heterocycles. The highest BCUT2D eigenvalue weighted by molar-refractivity contribution is 5.32. The molecule has 1 aliphatic heterocycles. The third-order valence-corrected chi connectivity index (χ3v) is 2.67. The fourth-order valence-electron chi connectivity index (χ4n) is 1.80. The van der Waals surface area contributed by atoms with Gasteiger partial charge in [-0.3, -0.25) is 9.78 Å². The van der Waals surface area contributed by atoms with Crippen LogP contribution in [0.4, 0.5) is 5.95 Å². The number of nitrogens with one attached hydrogen (secondary N) is 1. The minimum Gasteiger partial charge on any atom is -0.341 e. The Morgan fingerprint density at radius 3 is 3.13 bits per heavy atom. The zero-order valence-electron chi connectivity index (χ0n) is 8.86. The van der Waals surface area contributed by atoms with Gasteiger partial charge >= 0.3 is 0 Å². The second-order valence-corrected chi connectivity index (χ2v) is 3.91. The molecule has 0 unspecified atom stereocenters. The molecule has 5 nitrogen and oxygen atoms in total. The van der Waals surface area contributed by atoms with Crippen LogP contribution in [-0.4, -0.2) is 29.1 Å². The summed E-state index contributed by atoms with van der Waals surface area (Å²) in [4.78, 5) is 20.5. The normalized spacial score (nSPS) is 20.9. The van der Waals surface area contributed by atoms with Crippen molar-refractivity contribution in [1.29, 1.82) is 0 Å². The number of H-pyrrole nitrogens is 1. The number of hydrogen-bond acceptors (Lipinski definition) is 4. The Bertz CT molecular complexity index is 401. The van der Waals surface area contributed by atoms with Gasteiger partial charge < -0.3 is 10.6 Å². The molecule has 0 aliphatic carbocycles. The van der Waals surface area contributed by atoms with Gasteiger partial charge in [-0.1, -0.05) is 6.92 Å². The maximum Gasteiger partial charge on any atom is 0.252 e. The Hall–Kier alpha value is -1.36. The van der Waals surface area contributed by atoms with E-state index in [1.165, 1.54) is 0 Å². The fraction of sp³-hybridized carbons (Fsp3) is 0.600. The van der Waals surface area contributed by atoms with E-state index in [0.717, 1.165) is 31.6 Å². The third kappa shape index (κ3) is 2.18. The number of hydrogen-bond donors (Lipinski definition) is 2. The summed E-state index contributed by atoms with van der Waals surface area (Å²) in [6.07, 6.45) is 1.73. The number of aromatic nitrogens is 2. The van der Waals surface area contributed by atoms with Gasteiger partial charge in [-0.15, -0.1) is 0 Å². The van der Waals surface area contributed by atoms with E-state index in [1.54, 1.807) is 6.07 Å². The molecule has 1 atom stereocenters. The van der Waals surface area contributed by atoms with Crippen LogP contribution in [0, 0.1) is 0 Å². The van der Waals surface area contributed by atoms with Crippen molar-refractivity contribution in [3.63, 3.8) is 0 Å². The van der Waals surface area contributed by atoms with Gasteiger partial charge in [0, 0.05) is 30.9 Å². The summed E-state index contributed by atoms with van der Waals surface area (Å²) in [6, 6.07) is 1.74. The van der Waals surface area contributed by atoms with Crippen LogP contribution in [0.5, 0.6) is 0 Å². The van der Waals surface area contributed by atoms with E-state index >= 15 is 0 Å². The predicted octanol–water partition coefficient (Wildman–Crippen LogP) is -0.130. The van der Waals surface area contributed by atoms with Crippen molar-refractivity contribution in [2.24, 2.45) is 5.73 Å². The molecular weight excluding hydrogens is 192 g/mol. The van der Waals surface area contributed by atoms with Crippen LogP contribution in [0.15, 0.2) is 10.9 Å². The van der Waals surface area contributed by atoms with Crippen LogP contribution in [0.1, 0.15) is 19.0 Å². The topological polar surface area (TPSA) is 75.0 Å². The van der Waals surface area contributed by atoms with Crippen molar-refractivity contribution in [3.05, 3.63) is 22.1 Å². The Labute approximate surface area is 88.3 Å². The monoisotopic (exact) mass is 208 g/mol. The Balaban J connectivity index is 2.28. The van der Waals surface area contributed by atoms with Gasteiger partial charge in [0.1, 0.15) is 0 Å². The van der Waals surface area contributed by atoms with Crippen LogP contribution >= 0.6 is 0 Å². The molecule has 0 bridgehead atoms. The van der Waals surface area contributed by atoms with E-state index < -0.39 is 0 Å². The first-order chi connectivity index (χ1) is 7.19. The second kappa shape index (κ2) is 4.02. The molecular formula is C10H16N4O. The Morgan fingerprint density at radius 2 is 2.53 bits per heavy atom. The number of nitrogens with zero attached hydrogens (tertiary/aromatic N) is 2. The lowest BCUT2D eigenvalue weighted by Crippen LogP contribution is -2.29. The summed E-state index contributed by atoms with van der Waals surface area (Å²) >= 11 is 0. The van der Waals surface area contributed by atoms with Crippen LogP contribution in [0.25, 0.3) is 0 Å². The van der Waals surface area contributed by atoms with E-state index in [2.05, 4.69) is 9.97 Å². The molecule has 2 rings (SSSR count). The average Bonchev–Trinajstić information content (AvgIpc) is 2.64. The number of aryl methyl sites for hydroxylation is 1. The van der Waals surface area contributed by atoms with Gasteiger partial charge in [0.15, 0.2) is 0 Å². The van der Waals surface area contributed by atoms with E-state index in [-0.39, 0.29) is 11.6 Å². The first kappa shape index (κ1) is 10.2. The van der Waals surface area contributed by atoms with Crippen molar-refractivity contribution in [1.82, 2.24) is 9.97 Å². The largest absolute Gasteiger partial charge is 0.341 e. The molecule has 0 aromatic carbocycles. The summed E-state index contributed by atoms with van der Waals surface area (Å²) < 4.78 is 0. The molecule has 0 radical (unpaired) electrons. The minimum atomic E-state index is -0.0858. The molecule has 1 fully saturated rings. The standard InChI is InChI=1S/C10H16N4O/c1-2-8-5-9(15)13-10(12-8)14-4-3-7(11)6-14/h5,7H,2-4,6,11H2,1H3,(H,12,13,15)/t7-/m0/s1. The zero-order valence-corrected chi connectivity index (χ0v) is 8.86. The number of nitrogens with two attached hydrogens (primary N) is 1. The lowest BCUT2D eigenvalue weighted by Gasteiger charge is -2.16. The van der Waals surface area contributed by atoms with Crippen molar-refractivity contribution >= 4 is 5.95 Å². The number of aromatic amines is 1. The molecule has 0 spiro atoms. The molecule has 2 heterocycles. The van der Waals surface area contributed by atoms with Gasteiger partial charge in [-0.25, -0.2) is 4.98 Å². The fourth-order valence-corrected chi connectivity index (χ4v) is 1.80. The zero-order chi connectivity index (χ0) is 10.8. The molecule has 15 heavy (non-hydrogen) atoms. The third-order valence-electron chi connectivity index (χ3n) is 2.67. The predicted molar refractivity (Wildman–Crippen MR) is 59.0 cm³/mol. The Morgan fingerprint density at radius 1 is 1.73 bits per heavy atom. The molecule has 0 saturated carbocycles. The van der Waals surface area contributed by atoms with Gasteiger partial charge in [-0.2, -0.15) is 0 Å². The smallest absolute Gasteiger partial charge is 0.252 e. The maximum absolute atomic E-state index is 11.4. The molecule has 3 N–H and O–H groups in total. The molecule has 1 aromatic rings. The van der Waals surface area contributed by atoms with Crippen LogP contribution < -0.4 is 16.2 Å². The van der Waals surface area contributed by atoms with Crippen LogP contribution in [0.2, 0.25) is 0 Å². The van der Waals surface area contributed by atoms with E-state index in [4.69, 9.17) is 5.73 Å². The Kier molecular flexibility index (Phi) is 2.73. The molecule has 1 aliphatic rings. The van der Waals surface area contributed by atoms with Crippen molar-refractivity contribution in [2.45, 2.75) is 25.8 Å². The lowest BCUT2D eigenvalue weighted by molar-refractivity contribution is 0.749. The highest BCUT2D eigenvalue weighted by atomic mass is 16.1.